The number of rotatable bonds is 2. The van der Waals surface area contributed by atoms with E-state index in [4.69, 9.17) is 0 Å². The molecule has 0 radical (unpaired) electrons. The Morgan fingerprint density at radius 1 is 1.25 bits per heavy atom. The fourth-order valence-electron chi connectivity index (χ4n) is 1.72. The molecule has 2 rings (SSSR count). The summed E-state index contributed by atoms with van der Waals surface area (Å²) in [6.07, 6.45) is 0. The van der Waals surface area contributed by atoms with Crippen LogP contribution in [0.3, 0.4) is 0 Å². The molecule has 3 nitrogen and oxygen atoms in total. The van der Waals surface area contributed by atoms with Crippen LogP contribution < -0.4 is 0 Å². The third-order valence-corrected chi connectivity index (χ3v) is 2.55. The summed E-state index contributed by atoms with van der Waals surface area (Å²) in [5.74, 6) is 0.265. The molecule has 82 valence electrons. The number of H-pyrrole nitrogens is 1. The second-order valence-electron chi connectivity index (χ2n) is 3.84. The smallest absolute Gasteiger partial charge is 0.176 e. The van der Waals surface area contributed by atoms with Crippen molar-refractivity contribution >= 4 is 5.78 Å². The summed E-state index contributed by atoms with van der Waals surface area (Å²) < 4.78 is 0. The molecule has 1 aromatic carbocycles. The van der Waals surface area contributed by atoms with Crippen molar-refractivity contribution in [3.05, 3.63) is 41.6 Å². The highest BCUT2D eigenvalue weighted by atomic mass is 16.3. The lowest BCUT2D eigenvalue weighted by molar-refractivity contribution is 0.101. The minimum atomic E-state index is 0.0301. The molecule has 1 heterocycles. The molecule has 0 unspecified atom stereocenters. The van der Waals surface area contributed by atoms with E-state index < -0.39 is 0 Å². The Hall–Kier alpha value is -2.03. The second kappa shape index (κ2) is 3.85. The number of aromatic amines is 1. The second-order valence-corrected chi connectivity index (χ2v) is 3.84. The molecule has 0 aliphatic rings. The number of ketones is 1. The highest BCUT2D eigenvalue weighted by Crippen LogP contribution is 2.23. The maximum atomic E-state index is 11.3. The molecule has 0 amide bonds. The number of Topliss-reactive ketones (excluding diaryl/α,β-unsaturated/α-hetero) is 1. The number of aryl methyl sites for hydroxylation is 1. The number of aromatic hydroxyl groups is 1. The largest absolute Gasteiger partial charge is 0.508 e. The zero-order valence-corrected chi connectivity index (χ0v) is 9.24. The van der Waals surface area contributed by atoms with E-state index in [-0.39, 0.29) is 11.5 Å². The molecule has 0 bridgehead atoms. The van der Waals surface area contributed by atoms with Crippen molar-refractivity contribution in [2.24, 2.45) is 0 Å². The summed E-state index contributed by atoms with van der Waals surface area (Å²) >= 11 is 0. The number of carbonyl (C=O) groups is 1. The van der Waals surface area contributed by atoms with Crippen molar-refractivity contribution in [3.63, 3.8) is 0 Å². The molecular weight excluding hydrogens is 202 g/mol. The monoisotopic (exact) mass is 215 g/mol. The minimum Gasteiger partial charge on any atom is -0.508 e. The summed E-state index contributed by atoms with van der Waals surface area (Å²) in [6, 6.07) is 8.80. The van der Waals surface area contributed by atoms with E-state index in [1.165, 1.54) is 0 Å². The van der Waals surface area contributed by atoms with Crippen LogP contribution in [-0.2, 0) is 0 Å². The van der Waals surface area contributed by atoms with Gasteiger partial charge in [0.1, 0.15) is 5.75 Å². The molecule has 16 heavy (non-hydrogen) atoms. The van der Waals surface area contributed by atoms with Crippen LogP contribution in [0.25, 0.3) is 11.3 Å². The van der Waals surface area contributed by atoms with Gasteiger partial charge < -0.3 is 10.1 Å². The van der Waals surface area contributed by atoms with Gasteiger partial charge in [-0.05, 0) is 48.4 Å². The molecular formula is C13H13NO2. The fraction of sp³-hybridized carbons (Fsp3) is 0.154. The average molecular weight is 215 g/mol. The van der Waals surface area contributed by atoms with Crippen LogP contribution in [-0.4, -0.2) is 15.9 Å². The Kier molecular flexibility index (Phi) is 2.52. The molecule has 3 heteroatoms. The van der Waals surface area contributed by atoms with Crippen molar-refractivity contribution in [1.29, 1.82) is 0 Å². The molecule has 1 aromatic heterocycles. The lowest BCUT2D eigenvalue weighted by Crippen LogP contribution is -1.94. The zero-order chi connectivity index (χ0) is 11.7. The van der Waals surface area contributed by atoms with Gasteiger partial charge in [-0.1, -0.05) is 0 Å². The predicted molar refractivity (Wildman–Crippen MR) is 62.6 cm³/mol. The molecule has 0 saturated heterocycles. The van der Waals surface area contributed by atoms with E-state index in [1.54, 1.807) is 19.1 Å². The molecule has 0 aliphatic heterocycles. The third-order valence-electron chi connectivity index (χ3n) is 2.55. The summed E-state index contributed by atoms with van der Waals surface area (Å²) in [4.78, 5) is 14.4. The molecule has 0 atom stereocenters. The number of phenolic OH excluding ortho intramolecular Hbond substituents is 1. The number of carbonyl (C=O) groups excluding carboxylic acids is 1. The quantitative estimate of drug-likeness (QED) is 0.757. The predicted octanol–water partition coefficient (Wildman–Crippen LogP) is 2.90. The molecule has 2 N–H and O–H groups in total. The van der Waals surface area contributed by atoms with Crippen molar-refractivity contribution in [3.8, 4) is 17.0 Å². The maximum Gasteiger partial charge on any atom is 0.176 e. The molecule has 0 aliphatic carbocycles. The molecule has 0 spiro atoms. The van der Waals surface area contributed by atoms with Crippen molar-refractivity contribution < 1.29 is 9.90 Å². The van der Waals surface area contributed by atoms with Gasteiger partial charge in [0.15, 0.2) is 5.78 Å². The molecule has 0 saturated carbocycles. The summed E-state index contributed by atoms with van der Waals surface area (Å²) in [7, 11) is 0. The zero-order valence-electron chi connectivity index (χ0n) is 9.24. The van der Waals surface area contributed by atoms with Crippen molar-refractivity contribution in [2.75, 3.05) is 0 Å². The van der Waals surface area contributed by atoms with Gasteiger partial charge in [-0.25, -0.2) is 0 Å². The Morgan fingerprint density at radius 2 is 1.88 bits per heavy atom. The number of aromatic nitrogens is 1. The van der Waals surface area contributed by atoms with E-state index in [0.29, 0.717) is 5.69 Å². The van der Waals surface area contributed by atoms with Gasteiger partial charge in [-0.3, -0.25) is 4.79 Å². The Morgan fingerprint density at radius 3 is 2.38 bits per heavy atom. The van der Waals surface area contributed by atoms with Gasteiger partial charge in [0.25, 0.3) is 0 Å². The summed E-state index contributed by atoms with van der Waals surface area (Å²) in [6.45, 7) is 3.44. The summed E-state index contributed by atoms with van der Waals surface area (Å²) in [5, 5.41) is 9.19. The average Bonchev–Trinajstić information content (AvgIpc) is 2.61. The van der Waals surface area contributed by atoms with E-state index in [1.807, 2.05) is 25.1 Å². The van der Waals surface area contributed by atoms with E-state index in [0.717, 1.165) is 16.8 Å². The maximum absolute atomic E-state index is 11.3. The fourth-order valence-corrected chi connectivity index (χ4v) is 1.72. The van der Waals surface area contributed by atoms with Crippen LogP contribution in [0.1, 0.15) is 23.0 Å². The van der Waals surface area contributed by atoms with Crippen LogP contribution in [0.15, 0.2) is 30.3 Å². The lowest BCUT2D eigenvalue weighted by atomic mass is 10.1. The van der Waals surface area contributed by atoms with Crippen LogP contribution in [0.4, 0.5) is 0 Å². The molecule has 2 aromatic rings. The number of hydrogen-bond acceptors (Lipinski definition) is 2. The van der Waals surface area contributed by atoms with E-state index in [9.17, 15) is 9.90 Å². The highest BCUT2D eigenvalue weighted by molar-refractivity contribution is 5.94. The first-order valence-corrected chi connectivity index (χ1v) is 5.08. The normalized spacial score (nSPS) is 10.4. The first-order valence-electron chi connectivity index (χ1n) is 5.08. The number of benzene rings is 1. The highest BCUT2D eigenvalue weighted by Gasteiger charge is 2.09. The van der Waals surface area contributed by atoms with Crippen LogP contribution in [0, 0.1) is 6.92 Å². The first kappa shape index (κ1) is 10.5. The van der Waals surface area contributed by atoms with Gasteiger partial charge >= 0.3 is 0 Å². The SMILES string of the molecule is CC(=O)c1[nH]c(-c2ccc(O)cc2)cc1C. The Labute approximate surface area is 93.7 Å². The van der Waals surface area contributed by atoms with Crippen molar-refractivity contribution in [2.45, 2.75) is 13.8 Å². The van der Waals surface area contributed by atoms with Gasteiger partial charge in [0.05, 0.1) is 5.69 Å². The third kappa shape index (κ3) is 1.84. The number of phenols is 1. The van der Waals surface area contributed by atoms with E-state index >= 15 is 0 Å². The van der Waals surface area contributed by atoms with Gasteiger partial charge in [-0.2, -0.15) is 0 Å². The lowest BCUT2D eigenvalue weighted by Gasteiger charge is -1.98. The minimum absolute atomic E-state index is 0.0301. The van der Waals surface area contributed by atoms with Crippen LogP contribution >= 0.6 is 0 Å². The first-order chi connectivity index (χ1) is 7.58. The van der Waals surface area contributed by atoms with Crippen LogP contribution in [0.5, 0.6) is 5.75 Å². The Bertz CT molecular complexity index is 523. The molecule has 0 fully saturated rings. The topological polar surface area (TPSA) is 53.1 Å². The van der Waals surface area contributed by atoms with E-state index in [2.05, 4.69) is 4.98 Å². The summed E-state index contributed by atoms with van der Waals surface area (Å²) in [5.41, 5.74) is 3.43. The standard InChI is InChI=1S/C13H13NO2/c1-8-7-12(14-13(8)9(2)15)10-3-5-11(16)6-4-10/h3-7,14,16H,1-2H3. The number of nitrogens with one attached hydrogen (secondary N) is 1. The van der Waals surface area contributed by atoms with Crippen LogP contribution in [0.2, 0.25) is 0 Å². The van der Waals surface area contributed by atoms with Gasteiger partial charge in [0.2, 0.25) is 0 Å². The Balaban J connectivity index is 2.45. The van der Waals surface area contributed by atoms with Gasteiger partial charge in [-0.15, -0.1) is 0 Å². The number of hydrogen-bond donors (Lipinski definition) is 2. The van der Waals surface area contributed by atoms with Gasteiger partial charge in [0, 0.05) is 12.6 Å². The van der Waals surface area contributed by atoms with Crippen molar-refractivity contribution in [1.82, 2.24) is 4.98 Å².